The molecule has 1 heterocycles. The van der Waals surface area contributed by atoms with Gasteiger partial charge in [0.2, 0.25) is 11.8 Å². The minimum absolute atomic E-state index is 0.174. The first-order chi connectivity index (χ1) is 17.4. The highest BCUT2D eigenvalue weighted by atomic mass is 32.2. The number of amides is 2. The average Bonchev–Trinajstić information content (AvgIpc) is 3.27. The molecular weight excluding hydrogens is 478 g/mol. The van der Waals surface area contributed by atoms with Crippen LogP contribution in [0.1, 0.15) is 51.3 Å². The van der Waals surface area contributed by atoms with Crippen molar-refractivity contribution in [3.05, 3.63) is 24.0 Å². The van der Waals surface area contributed by atoms with E-state index in [9.17, 15) is 9.59 Å². The summed E-state index contributed by atoms with van der Waals surface area (Å²) in [4.78, 5) is 25.9. The van der Waals surface area contributed by atoms with Gasteiger partial charge in [-0.15, -0.1) is 10.2 Å². The van der Waals surface area contributed by atoms with Gasteiger partial charge in [-0.1, -0.05) is 11.8 Å². The summed E-state index contributed by atoms with van der Waals surface area (Å²) in [5.41, 5.74) is 0.401. The molecule has 9 nitrogen and oxygen atoms in total. The number of ether oxygens (including phenoxy) is 2. The predicted octanol–water partition coefficient (Wildman–Crippen LogP) is 3.88. The summed E-state index contributed by atoms with van der Waals surface area (Å²) in [5, 5.41) is 15.3. The SMILES string of the molecule is CCn1c(CNC(=O)C23CC4CC(CC(C4)C2)C3)nnc1SCC(=O)Nc1ccc(OC)cc1OC. The number of hydrogen-bond donors (Lipinski definition) is 2. The Hall–Kier alpha value is -2.75. The number of benzene rings is 1. The van der Waals surface area contributed by atoms with E-state index in [4.69, 9.17) is 9.47 Å². The topological polar surface area (TPSA) is 107 Å². The highest BCUT2D eigenvalue weighted by Gasteiger charge is 2.54. The molecule has 0 unspecified atom stereocenters. The van der Waals surface area contributed by atoms with E-state index in [-0.39, 0.29) is 23.0 Å². The molecule has 6 rings (SSSR count). The lowest BCUT2D eigenvalue weighted by Gasteiger charge is -2.55. The minimum atomic E-state index is -0.177. The number of methoxy groups -OCH3 is 2. The molecule has 0 aliphatic heterocycles. The molecule has 4 bridgehead atoms. The molecule has 36 heavy (non-hydrogen) atoms. The summed E-state index contributed by atoms with van der Waals surface area (Å²) in [6.45, 7) is 3.03. The number of aromatic nitrogens is 3. The number of nitrogens with one attached hydrogen (secondary N) is 2. The Morgan fingerprint density at radius 3 is 2.39 bits per heavy atom. The molecule has 4 aliphatic carbocycles. The zero-order valence-corrected chi connectivity index (χ0v) is 22.0. The standard InChI is InChI=1S/C26H35N5O4S/c1-4-31-22(14-27-24(33)26-11-16-7-17(12-26)9-18(8-16)13-26)29-30-25(31)36-15-23(32)28-20-6-5-19(34-2)10-21(20)35-3/h5-6,10,16-18H,4,7-9,11-15H2,1-3H3,(H,27,33)(H,28,32). The van der Waals surface area contributed by atoms with Gasteiger partial charge in [0, 0.05) is 18.0 Å². The maximum atomic E-state index is 13.3. The van der Waals surface area contributed by atoms with Crippen LogP contribution in [0.25, 0.3) is 0 Å². The van der Waals surface area contributed by atoms with Gasteiger partial charge < -0.3 is 24.7 Å². The van der Waals surface area contributed by atoms with E-state index in [2.05, 4.69) is 20.8 Å². The summed E-state index contributed by atoms with van der Waals surface area (Å²) in [7, 11) is 3.13. The number of hydrogen-bond acceptors (Lipinski definition) is 7. The maximum Gasteiger partial charge on any atom is 0.234 e. The van der Waals surface area contributed by atoms with E-state index >= 15 is 0 Å². The van der Waals surface area contributed by atoms with E-state index in [1.165, 1.54) is 31.0 Å². The van der Waals surface area contributed by atoms with Crippen molar-refractivity contribution in [1.29, 1.82) is 0 Å². The lowest BCUT2D eigenvalue weighted by molar-refractivity contribution is -0.146. The molecular formula is C26H35N5O4S. The minimum Gasteiger partial charge on any atom is -0.497 e. The van der Waals surface area contributed by atoms with Gasteiger partial charge in [0.15, 0.2) is 11.0 Å². The van der Waals surface area contributed by atoms with Crippen molar-refractivity contribution in [2.24, 2.45) is 23.2 Å². The third-order valence-corrected chi connectivity index (χ3v) is 9.02. The Balaban J connectivity index is 1.17. The molecule has 4 aliphatic rings. The molecule has 2 amide bonds. The molecule has 1 aromatic heterocycles. The van der Waals surface area contributed by atoms with Gasteiger partial charge in [-0.3, -0.25) is 9.59 Å². The monoisotopic (exact) mass is 513 g/mol. The van der Waals surface area contributed by atoms with Gasteiger partial charge in [0.1, 0.15) is 11.5 Å². The highest BCUT2D eigenvalue weighted by Crippen LogP contribution is 2.60. The van der Waals surface area contributed by atoms with Gasteiger partial charge in [-0.2, -0.15) is 0 Å². The first-order valence-corrected chi connectivity index (χ1v) is 13.8. The van der Waals surface area contributed by atoms with Crippen molar-refractivity contribution in [1.82, 2.24) is 20.1 Å². The largest absolute Gasteiger partial charge is 0.497 e. The van der Waals surface area contributed by atoms with Crippen LogP contribution in [0.4, 0.5) is 5.69 Å². The smallest absolute Gasteiger partial charge is 0.234 e. The fourth-order valence-electron chi connectivity index (χ4n) is 6.83. The summed E-state index contributed by atoms with van der Waals surface area (Å²) in [6, 6.07) is 5.24. The molecule has 0 atom stereocenters. The van der Waals surface area contributed by atoms with Crippen LogP contribution in [0.5, 0.6) is 11.5 Å². The summed E-state index contributed by atoms with van der Waals surface area (Å²) < 4.78 is 12.5. The third kappa shape index (κ3) is 4.92. The maximum absolute atomic E-state index is 13.3. The Labute approximate surface area is 216 Å². The van der Waals surface area contributed by atoms with Crippen LogP contribution in [0, 0.1) is 23.2 Å². The van der Waals surface area contributed by atoms with E-state index < -0.39 is 0 Å². The second kappa shape index (κ2) is 10.3. The summed E-state index contributed by atoms with van der Waals surface area (Å²) >= 11 is 1.32. The van der Waals surface area contributed by atoms with Crippen molar-refractivity contribution in [2.75, 3.05) is 25.3 Å². The molecule has 2 aromatic rings. The third-order valence-electron chi connectivity index (χ3n) is 8.05. The molecule has 0 spiro atoms. The van der Waals surface area contributed by atoms with Crippen LogP contribution in [-0.2, 0) is 22.7 Å². The van der Waals surface area contributed by atoms with Crippen molar-refractivity contribution in [2.45, 2.75) is 63.7 Å². The number of rotatable bonds is 10. The number of carbonyl (C=O) groups excluding carboxylic acids is 2. The van der Waals surface area contributed by atoms with Gasteiger partial charge in [0.05, 0.1) is 32.2 Å². The molecule has 194 valence electrons. The fraction of sp³-hybridized carbons (Fsp3) is 0.615. The van der Waals surface area contributed by atoms with Gasteiger partial charge in [-0.25, -0.2) is 0 Å². The van der Waals surface area contributed by atoms with Crippen LogP contribution in [-0.4, -0.2) is 46.6 Å². The van der Waals surface area contributed by atoms with Crippen LogP contribution >= 0.6 is 11.8 Å². The van der Waals surface area contributed by atoms with Gasteiger partial charge in [-0.05, 0) is 75.3 Å². The van der Waals surface area contributed by atoms with Gasteiger partial charge >= 0.3 is 0 Å². The predicted molar refractivity (Wildman–Crippen MR) is 137 cm³/mol. The Kier molecular flexibility index (Phi) is 7.14. The fourth-order valence-corrected chi connectivity index (χ4v) is 7.65. The molecule has 2 N–H and O–H groups in total. The zero-order valence-electron chi connectivity index (χ0n) is 21.2. The number of anilines is 1. The first-order valence-electron chi connectivity index (χ1n) is 12.8. The molecule has 1 aromatic carbocycles. The van der Waals surface area contributed by atoms with Crippen molar-refractivity contribution >= 4 is 29.3 Å². The Morgan fingerprint density at radius 1 is 1.08 bits per heavy atom. The first kappa shape index (κ1) is 24.9. The van der Waals surface area contributed by atoms with Crippen LogP contribution in [0.15, 0.2) is 23.4 Å². The normalized spacial score (nSPS) is 26.0. The zero-order chi connectivity index (χ0) is 25.3. The van der Waals surface area contributed by atoms with Crippen molar-refractivity contribution < 1.29 is 19.1 Å². The molecule has 10 heteroatoms. The summed E-state index contributed by atoms with van der Waals surface area (Å²) in [5.74, 6) is 4.28. The number of thioether (sulfide) groups is 1. The highest BCUT2D eigenvalue weighted by molar-refractivity contribution is 7.99. The lowest BCUT2D eigenvalue weighted by Crippen LogP contribution is -2.53. The van der Waals surface area contributed by atoms with E-state index in [1.54, 1.807) is 32.4 Å². The molecule has 4 saturated carbocycles. The van der Waals surface area contributed by atoms with Gasteiger partial charge in [0.25, 0.3) is 0 Å². The Bertz CT molecular complexity index is 1100. The molecule has 0 radical (unpaired) electrons. The van der Waals surface area contributed by atoms with E-state index in [1.807, 2.05) is 11.5 Å². The van der Waals surface area contributed by atoms with Crippen molar-refractivity contribution in [3.8, 4) is 11.5 Å². The van der Waals surface area contributed by atoms with Crippen LogP contribution < -0.4 is 20.1 Å². The molecule has 4 fully saturated rings. The second-order valence-electron chi connectivity index (χ2n) is 10.4. The van der Waals surface area contributed by atoms with Crippen LogP contribution in [0.3, 0.4) is 0 Å². The summed E-state index contributed by atoms with van der Waals surface area (Å²) in [6.07, 6.45) is 7.07. The molecule has 0 saturated heterocycles. The number of carbonyl (C=O) groups is 2. The average molecular weight is 514 g/mol. The Morgan fingerprint density at radius 2 is 1.78 bits per heavy atom. The lowest BCUT2D eigenvalue weighted by atomic mass is 9.49. The quantitative estimate of drug-likeness (QED) is 0.464. The van der Waals surface area contributed by atoms with Crippen molar-refractivity contribution in [3.63, 3.8) is 0 Å². The number of nitrogens with zero attached hydrogens (tertiary/aromatic N) is 3. The van der Waals surface area contributed by atoms with Crippen LogP contribution in [0.2, 0.25) is 0 Å². The van der Waals surface area contributed by atoms with E-state index in [0.29, 0.717) is 35.4 Å². The second-order valence-corrected chi connectivity index (χ2v) is 11.4. The van der Waals surface area contributed by atoms with E-state index in [0.717, 1.165) is 42.8 Å².